The Hall–Kier alpha value is -4.28. The zero-order valence-corrected chi connectivity index (χ0v) is 31.3. The molecule has 0 aromatic heterocycles. The molecule has 1 saturated heterocycles. The van der Waals surface area contributed by atoms with Gasteiger partial charge in [0.15, 0.2) is 0 Å². The fraction of sp³-hybridized carbons (Fsp3) is 0.765. The Morgan fingerprint density at radius 2 is 1.10 bits per heavy atom. The van der Waals surface area contributed by atoms with Crippen LogP contribution in [0.4, 0.5) is 0 Å². The number of carboxylic acid groups (broad SMARTS) is 2. The summed E-state index contributed by atoms with van der Waals surface area (Å²) in [5.74, 6) is -7.96. The van der Waals surface area contributed by atoms with Crippen LogP contribution in [0.2, 0.25) is 0 Å². The van der Waals surface area contributed by atoms with E-state index < -0.39 is 102 Å². The van der Waals surface area contributed by atoms with Crippen LogP contribution in [-0.4, -0.2) is 111 Å². The molecule has 290 valence electrons. The number of carboxylic acids is 2. The largest absolute Gasteiger partial charge is 0.481 e. The molecule has 0 aromatic rings. The zero-order chi connectivity index (χ0) is 39.3. The molecule has 0 saturated carbocycles. The first-order valence-electron chi connectivity index (χ1n) is 17.6. The van der Waals surface area contributed by atoms with E-state index in [1.807, 2.05) is 13.8 Å². The van der Waals surface area contributed by atoms with Gasteiger partial charge in [-0.2, -0.15) is 0 Å². The van der Waals surface area contributed by atoms with Crippen molar-refractivity contribution in [2.75, 3.05) is 6.54 Å². The van der Waals surface area contributed by atoms with Crippen LogP contribution in [0.15, 0.2) is 0 Å². The second-order valence-corrected chi connectivity index (χ2v) is 14.8. The molecule has 51 heavy (non-hydrogen) atoms. The fourth-order valence-corrected chi connectivity index (χ4v) is 5.65. The molecule has 9 N–H and O–H groups in total. The van der Waals surface area contributed by atoms with Crippen LogP contribution in [0.5, 0.6) is 0 Å². The van der Waals surface area contributed by atoms with Crippen molar-refractivity contribution in [2.45, 2.75) is 137 Å². The molecule has 6 amide bonds. The van der Waals surface area contributed by atoms with Gasteiger partial charge in [-0.05, 0) is 56.3 Å². The summed E-state index contributed by atoms with van der Waals surface area (Å²) in [4.78, 5) is 104. The molecule has 1 heterocycles. The summed E-state index contributed by atoms with van der Waals surface area (Å²) in [7, 11) is 0. The van der Waals surface area contributed by atoms with Crippen molar-refractivity contribution >= 4 is 47.4 Å². The van der Waals surface area contributed by atoms with Crippen LogP contribution in [0.1, 0.15) is 94.4 Å². The van der Waals surface area contributed by atoms with E-state index in [1.54, 1.807) is 41.5 Å². The summed E-state index contributed by atoms with van der Waals surface area (Å²) in [6, 6.07) is -8.14. The van der Waals surface area contributed by atoms with Gasteiger partial charge >= 0.3 is 11.9 Å². The molecule has 1 rings (SSSR count). The van der Waals surface area contributed by atoms with Crippen molar-refractivity contribution in [3.63, 3.8) is 0 Å². The summed E-state index contributed by atoms with van der Waals surface area (Å²) >= 11 is 0. The topological polar surface area (TPSA) is 266 Å². The Labute approximate surface area is 300 Å². The zero-order valence-electron chi connectivity index (χ0n) is 31.3. The van der Waals surface area contributed by atoms with Gasteiger partial charge in [-0.15, -0.1) is 0 Å². The van der Waals surface area contributed by atoms with Crippen molar-refractivity contribution in [1.82, 2.24) is 31.5 Å². The number of amides is 6. The van der Waals surface area contributed by atoms with Crippen LogP contribution in [-0.2, 0) is 38.4 Å². The number of aliphatic carboxylic acids is 2. The van der Waals surface area contributed by atoms with Gasteiger partial charge in [0.25, 0.3) is 0 Å². The molecular weight excluding hydrogens is 666 g/mol. The van der Waals surface area contributed by atoms with Gasteiger partial charge in [-0.25, -0.2) is 4.79 Å². The molecule has 0 spiro atoms. The summed E-state index contributed by atoms with van der Waals surface area (Å²) in [5.41, 5.74) is 5.66. The van der Waals surface area contributed by atoms with E-state index in [1.165, 1.54) is 11.8 Å². The standard InChI is InChI=1S/C34H59N7O10/c1-16(2)13-21(29(45)37-22(14-17(3)4)31(47)40-27(19(7)8)34(50)51)36-30(46)23(15-25(42)43)38-32(48)24-11-10-12-41(24)33(49)26(18(5)6)39-28(44)20(9)35/h16-24,26-27H,10-15,35H2,1-9H3,(H,36,46)(H,37,45)(H,38,48)(H,39,44)(H,40,47)(H,42,43)(H,50,51)/t20-,21-,22-,23-,24-,26-,27-/m0/s1. The lowest BCUT2D eigenvalue weighted by atomic mass is 9.98. The van der Waals surface area contributed by atoms with Gasteiger partial charge in [-0.3, -0.25) is 33.6 Å². The normalized spacial score (nSPS) is 18.0. The van der Waals surface area contributed by atoms with Crippen molar-refractivity contribution in [2.24, 2.45) is 29.4 Å². The predicted molar refractivity (Wildman–Crippen MR) is 187 cm³/mol. The van der Waals surface area contributed by atoms with Crippen LogP contribution in [0.25, 0.3) is 0 Å². The monoisotopic (exact) mass is 725 g/mol. The van der Waals surface area contributed by atoms with E-state index >= 15 is 0 Å². The Morgan fingerprint density at radius 1 is 0.647 bits per heavy atom. The minimum atomic E-state index is -1.63. The van der Waals surface area contributed by atoms with Crippen molar-refractivity contribution in [3.05, 3.63) is 0 Å². The van der Waals surface area contributed by atoms with Crippen LogP contribution >= 0.6 is 0 Å². The Bertz CT molecular complexity index is 1270. The fourth-order valence-electron chi connectivity index (χ4n) is 5.65. The number of nitrogens with two attached hydrogens (primary N) is 1. The third-order valence-corrected chi connectivity index (χ3v) is 8.40. The van der Waals surface area contributed by atoms with Crippen molar-refractivity contribution in [1.29, 1.82) is 0 Å². The lowest BCUT2D eigenvalue weighted by molar-refractivity contribution is -0.144. The molecular formula is C34H59N7O10. The quantitative estimate of drug-likeness (QED) is 0.0808. The van der Waals surface area contributed by atoms with E-state index in [2.05, 4.69) is 26.6 Å². The first-order chi connectivity index (χ1) is 23.6. The number of rotatable bonds is 20. The number of carbonyl (C=O) groups is 8. The highest BCUT2D eigenvalue weighted by atomic mass is 16.4. The molecule has 0 unspecified atom stereocenters. The first kappa shape index (κ1) is 44.7. The predicted octanol–water partition coefficient (Wildman–Crippen LogP) is -0.288. The maximum atomic E-state index is 13.6. The van der Waals surface area contributed by atoms with Crippen LogP contribution < -0.4 is 32.3 Å². The number of nitrogens with one attached hydrogen (secondary N) is 5. The van der Waals surface area contributed by atoms with Gasteiger partial charge < -0.3 is 47.4 Å². The van der Waals surface area contributed by atoms with Gasteiger partial charge in [0.1, 0.15) is 36.3 Å². The van der Waals surface area contributed by atoms with Crippen LogP contribution in [0, 0.1) is 23.7 Å². The molecule has 0 aliphatic carbocycles. The number of hydrogen-bond donors (Lipinski definition) is 8. The Balaban J connectivity index is 3.25. The number of hydrogen-bond acceptors (Lipinski definition) is 9. The maximum absolute atomic E-state index is 13.6. The number of likely N-dealkylation sites (tertiary alicyclic amines) is 1. The highest BCUT2D eigenvalue weighted by molar-refractivity contribution is 5.98. The third kappa shape index (κ3) is 14.5. The molecule has 17 heteroatoms. The van der Waals surface area contributed by atoms with E-state index in [4.69, 9.17) is 5.73 Å². The Kier molecular flexibility index (Phi) is 18.0. The average molecular weight is 726 g/mol. The minimum Gasteiger partial charge on any atom is -0.481 e. The van der Waals surface area contributed by atoms with Gasteiger partial charge in [-0.1, -0.05) is 55.4 Å². The van der Waals surface area contributed by atoms with Crippen molar-refractivity contribution < 1.29 is 48.6 Å². The van der Waals surface area contributed by atoms with Gasteiger partial charge in [0.05, 0.1) is 12.5 Å². The molecule has 0 aromatic carbocycles. The Morgan fingerprint density at radius 3 is 1.51 bits per heavy atom. The molecule has 17 nitrogen and oxygen atoms in total. The van der Waals surface area contributed by atoms with E-state index in [-0.39, 0.29) is 43.6 Å². The van der Waals surface area contributed by atoms with Crippen molar-refractivity contribution in [3.8, 4) is 0 Å². The average Bonchev–Trinajstić information content (AvgIpc) is 3.50. The maximum Gasteiger partial charge on any atom is 0.326 e. The SMILES string of the molecule is CC(C)C[C@H](NC(=O)[C@H](CC(=O)O)NC(=O)[C@@H]1CCCN1C(=O)[C@@H](NC(=O)[C@H](C)N)C(C)C)C(=O)N[C@@H](CC(C)C)C(=O)N[C@H](C(=O)O)C(C)C. The lowest BCUT2D eigenvalue weighted by Crippen LogP contribution is -2.60. The minimum absolute atomic E-state index is 0.0830. The highest BCUT2D eigenvalue weighted by Gasteiger charge is 2.41. The third-order valence-electron chi connectivity index (χ3n) is 8.40. The highest BCUT2D eigenvalue weighted by Crippen LogP contribution is 2.21. The van der Waals surface area contributed by atoms with E-state index in [0.29, 0.717) is 6.42 Å². The van der Waals surface area contributed by atoms with E-state index in [0.717, 1.165) is 0 Å². The lowest BCUT2D eigenvalue weighted by Gasteiger charge is -2.31. The number of carbonyl (C=O) groups excluding carboxylic acids is 6. The molecule has 7 atom stereocenters. The van der Waals surface area contributed by atoms with Crippen LogP contribution in [0.3, 0.4) is 0 Å². The molecule has 1 fully saturated rings. The summed E-state index contributed by atoms with van der Waals surface area (Å²) in [6.45, 7) is 15.6. The smallest absolute Gasteiger partial charge is 0.326 e. The first-order valence-corrected chi connectivity index (χ1v) is 17.6. The summed E-state index contributed by atoms with van der Waals surface area (Å²) in [6.07, 6.45) is 0.0719. The molecule has 1 aliphatic heterocycles. The van der Waals surface area contributed by atoms with E-state index in [9.17, 15) is 48.6 Å². The second-order valence-electron chi connectivity index (χ2n) is 14.8. The molecule has 0 radical (unpaired) electrons. The summed E-state index contributed by atoms with van der Waals surface area (Å²) in [5, 5.41) is 31.8. The number of nitrogens with zero attached hydrogens (tertiary/aromatic N) is 1. The molecule has 0 bridgehead atoms. The van der Waals surface area contributed by atoms with Gasteiger partial charge in [0.2, 0.25) is 35.4 Å². The molecule has 1 aliphatic rings. The summed E-state index contributed by atoms with van der Waals surface area (Å²) < 4.78 is 0. The van der Waals surface area contributed by atoms with Gasteiger partial charge in [0, 0.05) is 6.54 Å². The second kappa shape index (κ2) is 20.5.